The van der Waals surface area contributed by atoms with Gasteiger partial charge in [0.1, 0.15) is 5.78 Å². The lowest BCUT2D eigenvalue weighted by Gasteiger charge is -2.29. The smallest absolute Gasteiger partial charge is 0.223 e. The molecule has 2 aliphatic carbocycles. The van der Waals surface area contributed by atoms with Crippen LogP contribution in [-0.2, 0) is 32.5 Å². The summed E-state index contributed by atoms with van der Waals surface area (Å²) in [5.41, 5.74) is 2.97. The molecule has 14 heteroatoms. The number of hydrogen-bond acceptors (Lipinski definition) is 12. The molecule has 3 atom stereocenters. The Hall–Kier alpha value is -2.42. The number of aryl methyl sites for hydroxylation is 1. The van der Waals surface area contributed by atoms with E-state index < -0.39 is 0 Å². The Bertz CT molecular complexity index is 1440. The third-order valence-corrected chi connectivity index (χ3v) is 12.5. The molecule has 288 valence electrons. The van der Waals surface area contributed by atoms with Crippen LogP contribution in [0.15, 0.2) is 24.8 Å². The molecule has 0 aromatic carbocycles. The van der Waals surface area contributed by atoms with Crippen LogP contribution in [-0.4, -0.2) is 107 Å². The van der Waals surface area contributed by atoms with Crippen molar-refractivity contribution in [3.05, 3.63) is 35.5 Å². The molecule has 2 aromatic rings. The summed E-state index contributed by atoms with van der Waals surface area (Å²) in [6.45, 7) is 8.29. The van der Waals surface area contributed by atoms with Crippen molar-refractivity contribution in [2.24, 2.45) is 13.0 Å². The lowest BCUT2D eigenvalue weighted by Crippen LogP contribution is -2.38. The van der Waals surface area contributed by atoms with Gasteiger partial charge in [-0.1, -0.05) is 24.6 Å². The number of ether oxygens (including phenoxy) is 3. The largest absolute Gasteiger partial charge is 0.379 e. The molecule has 2 aliphatic heterocycles. The second-order valence-electron chi connectivity index (χ2n) is 14.8. The minimum Gasteiger partial charge on any atom is -0.379 e. The summed E-state index contributed by atoms with van der Waals surface area (Å²) in [6, 6.07) is 1.84. The molecule has 2 saturated heterocycles. The zero-order valence-corrected chi connectivity index (χ0v) is 32.5. The maximum atomic E-state index is 12.2. The van der Waals surface area contributed by atoms with Crippen LogP contribution in [0.3, 0.4) is 0 Å². The molecular formula is C38H59ClN8O4S. The lowest BCUT2D eigenvalue weighted by atomic mass is 9.91. The molecule has 52 heavy (non-hydrogen) atoms. The number of thioether (sulfide) groups is 1. The molecular weight excluding hydrogens is 700 g/mol. The number of carbonyl (C=O) groups is 1. The SMILES string of the molecule is C=C1N[C@H]2[C@H](CS[C@H]2CCCCC(=O)CCCOCCOCCOCCNC2CCC(Nc3ncc(Cl)c(-c4cnn(C)c4CC4CC4)n3)CC2)N1. The van der Waals surface area contributed by atoms with Crippen molar-refractivity contribution in [1.29, 1.82) is 0 Å². The van der Waals surface area contributed by atoms with E-state index in [0.29, 0.717) is 98.7 Å². The predicted octanol–water partition coefficient (Wildman–Crippen LogP) is 5.27. The van der Waals surface area contributed by atoms with E-state index in [1.165, 1.54) is 18.5 Å². The van der Waals surface area contributed by atoms with Crippen LogP contribution in [0.25, 0.3) is 11.3 Å². The number of fused-ring (bicyclic) bond motifs is 1. The van der Waals surface area contributed by atoms with Crippen molar-refractivity contribution in [1.82, 2.24) is 35.7 Å². The van der Waals surface area contributed by atoms with Crippen LogP contribution < -0.4 is 21.3 Å². The first-order chi connectivity index (χ1) is 25.4. The van der Waals surface area contributed by atoms with E-state index in [1.54, 1.807) is 6.20 Å². The van der Waals surface area contributed by atoms with Crippen LogP contribution in [0, 0.1) is 5.92 Å². The number of carbonyl (C=O) groups excluding carboxylic acids is 1. The predicted molar refractivity (Wildman–Crippen MR) is 208 cm³/mol. The van der Waals surface area contributed by atoms with Gasteiger partial charge in [0.05, 0.1) is 74.0 Å². The molecule has 2 aromatic heterocycles. The normalized spacial score (nSPS) is 24.1. The Kier molecular flexibility index (Phi) is 15.3. The summed E-state index contributed by atoms with van der Waals surface area (Å²) < 4.78 is 19.0. The monoisotopic (exact) mass is 758 g/mol. The number of nitrogens with one attached hydrogen (secondary N) is 4. The van der Waals surface area contributed by atoms with Gasteiger partial charge in [0.25, 0.3) is 0 Å². The second kappa shape index (κ2) is 20.3. The molecule has 0 spiro atoms. The zero-order valence-electron chi connectivity index (χ0n) is 30.9. The van der Waals surface area contributed by atoms with Crippen molar-refractivity contribution in [2.45, 2.75) is 113 Å². The Labute approximate surface area is 318 Å². The highest BCUT2D eigenvalue weighted by atomic mass is 35.5. The number of nitrogens with zero attached hydrogens (tertiary/aromatic N) is 4. The average molecular weight is 759 g/mol. The van der Waals surface area contributed by atoms with Gasteiger partial charge in [-0.15, -0.1) is 0 Å². The van der Waals surface area contributed by atoms with Gasteiger partial charge in [-0.25, -0.2) is 9.97 Å². The summed E-state index contributed by atoms with van der Waals surface area (Å²) in [6.07, 6.45) is 16.8. The van der Waals surface area contributed by atoms with Gasteiger partial charge in [0.15, 0.2) is 0 Å². The summed E-state index contributed by atoms with van der Waals surface area (Å²) in [7, 11) is 1.99. The van der Waals surface area contributed by atoms with Crippen LogP contribution in [0.1, 0.15) is 82.7 Å². The topological polar surface area (TPSA) is 136 Å². The summed E-state index contributed by atoms with van der Waals surface area (Å²) in [5, 5.41) is 19.8. The van der Waals surface area contributed by atoms with E-state index in [4.69, 9.17) is 30.8 Å². The minimum absolute atomic E-state index is 0.339. The summed E-state index contributed by atoms with van der Waals surface area (Å²) in [5.74, 6) is 3.82. The second-order valence-corrected chi connectivity index (χ2v) is 16.5. The molecule has 4 N–H and O–H groups in total. The summed E-state index contributed by atoms with van der Waals surface area (Å²) in [4.78, 5) is 21.6. The standard InChI is InChI=1S/C38H59ClN8O4S/c1-26-43-33-25-52-35(37(33)44-26)8-4-3-6-30(48)7-5-16-49-18-20-51-21-19-50-17-15-40-28-11-13-29(14-12-28)45-38-41-24-32(39)36(46-38)31-23-42-47(2)34(31)22-27-9-10-27/h23-24,27-29,33,35,37,40,43-44H,1,3-22,25H2,2H3,(H,41,45,46)/t28?,29?,33-,35-,37-/m0/s1. The van der Waals surface area contributed by atoms with Gasteiger partial charge in [0.2, 0.25) is 5.95 Å². The van der Waals surface area contributed by atoms with Crippen molar-refractivity contribution in [3.63, 3.8) is 0 Å². The highest BCUT2D eigenvalue weighted by Gasteiger charge is 2.40. The Morgan fingerprint density at radius 3 is 2.48 bits per heavy atom. The average Bonchev–Trinajstić information content (AvgIpc) is 3.63. The maximum absolute atomic E-state index is 12.2. The first-order valence-electron chi connectivity index (χ1n) is 19.5. The van der Waals surface area contributed by atoms with Gasteiger partial charge in [0, 0.05) is 67.4 Å². The van der Waals surface area contributed by atoms with E-state index in [0.717, 1.165) is 93.1 Å². The summed E-state index contributed by atoms with van der Waals surface area (Å²) >= 11 is 8.60. The molecule has 0 unspecified atom stereocenters. The van der Waals surface area contributed by atoms with Crippen molar-refractivity contribution >= 4 is 35.1 Å². The Morgan fingerprint density at radius 2 is 1.69 bits per heavy atom. The zero-order chi connectivity index (χ0) is 36.1. The molecule has 4 fully saturated rings. The van der Waals surface area contributed by atoms with Crippen LogP contribution >= 0.6 is 23.4 Å². The molecule has 0 radical (unpaired) electrons. The quantitative estimate of drug-likeness (QED) is 0.104. The molecule has 0 bridgehead atoms. The number of hydrogen-bond donors (Lipinski definition) is 4. The van der Waals surface area contributed by atoms with E-state index in [2.05, 4.69) is 37.9 Å². The van der Waals surface area contributed by atoms with Crippen LogP contribution in [0.5, 0.6) is 0 Å². The third-order valence-electron chi connectivity index (χ3n) is 10.7. The molecule has 6 rings (SSSR count). The molecule has 2 saturated carbocycles. The van der Waals surface area contributed by atoms with Gasteiger partial charge >= 0.3 is 0 Å². The number of rotatable bonds is 24. The fourth-order valence-electron chi connectivity index (χ4n) is 7.54. The fourth-order valence-corrected chi connectivity index (χ4v) is 9.27. The Balaban J connectivity index is 0.717. The van der Waals surface area contributed by atoms with Gasteiger partial charge in [-0.05, 0) is 70.1 Å². The van der Waals surface area contributed by atoms with E-state index in [9.17, 15) is 4.79 Å². The van der Waals surface area contributed by atoms with E-state index in [1.807, 2.05) is 29.7 Å². The number of Topliss-reactive ketones (excluding diaryl/α,β-unsaturated/α-hetero) is 1. The fraction of sp³-hybridized carbons (Fsp3) is 0.737. The van der Waals surface area contributed by atoms with Gasteiger partial charge < -0.3 is 35.5 Å². The van der Waals surface area contributed by atoms with Gasteiger partial charge in [-0.2, -0.15) is 16.9 Å². The van der Waals surface area contributed by atoms with Crippen molar-refractivity contribution in [3.8, 4) is 11.3 Å². The highest BCUT2D eigenvalue weighted by Crippen LogP contribution is 2.37. The number of unbranched alkanes of at least 4 members (excludes halogenated alkanes) is 1. The van der Waals surface area contributed by atoms with Crippen molar-refractivity contribution in [2.75, 3.05) is 57.3 Å². The number of anilines is 1. The minimum atomic E-state index is 0.339. The number of aromatic nitrogens is 4. The van der Waals surface area contributed by atoms with E-state index in [-0.39, 0.29) is 0 Å². The highest BCUT2D eigenvalue weighted by molar-refractivity contribution is 8.00. The van der Waals surface area contributed by atoms with Crippen LogP contribution in [0.2, 0.25) is 5.02 Å². The molecule has 4 heterocycles. The first kappa shape index (κ1) is 39.3. The molecule has 0 amide bonds. The molecule has 4 aliphatic rings. The third kappa shape index (κ3) is 12.0. The number of ketones is 1. The molecule has 12 nitrogen and oxygen atoms in total. The van der Waals surface area contributed by atoms with Gasteiger partial charge in [-0.3, -0.25) is 9.48 Å². The van der Waals surface area contributed by atoms with Crippen molar-refractivity contribution < 1.29 is 19.0 Å². The van der Waals surface area contributed by atoms with E-state index >= 15 is 0 Å². The first-order valence-corrected chi connectivity index (χ1v) is 21.0. The Morgan fingerprint density at radius 1 is 0.962 bits per heavy atom. The van der Waals surface area contributed by atoms with Crippen LogP contribution in [0.4, 0.5) is 5.95 Å². The lowest BCUT2D eigenvalue weighted by molar-refractivity contribution is -0.119. The maximum Gasteiger partial charge on any atom is 0.223 e. The number of halogens is 1.